The van der Waals surface area contributed by atoms with Crippen molar-refractivity contribution in [2.24, 2.45) is 11.7 Å². The van der Waals surface area contributed by atoms with E-state index in [1.165, 1.54) is 0 Å². The highest BCUT2D eigenvalue weighted by atomic mass is 32.2. The highest BCUT2D eigenvalue weighted by molar-refractivity contribution is 7.99. The smallest absolute Gasteiger partial charge is 0.238 e. The van der Waals surface area contributed by atoms with E-state index in [9.17, 15) is 4.79 Å². The maximum Gasteiger partial charge on any atom is 0.238 e. The van der Waals surface area contributed by atoms with Gasteiger partial charge in [-0.15, -0.1) is 0 Å². The van der Waals surface area contributed by atoms with Crippen molar-refractivity contribution >= 4 is 17.7 Å². The van der Waals surface area contributed by atoms with Crippen LogP contribution in [0.3, 0.4) is 0 Å². The standard InChI is InChI=1S/C11H24N2OS/c1-8(2)6-15-7-11(5,10(12)14)13-9(3)4/h8-9,13H,6-7H2,1-5H3,(H2,12,14). The van der Waals surface area contributed by atoms with E-state index >= 15 is 0 Å². The molecule has 0 spiro atoms. The number of carbonyl (C=O) groups excluding carboxylic acids is 1. The minimum Gasteiger partial charge on any atom is -0.368 e. The van der Waals surface area contributed by atoms with Gasteiger partial charge in [-0.25, -0.2) is 0 Å². The SMILES string of the molecule is CC(C)CSCC(C)(NC(C)C)C(N)=O. The molecule has 0 fully saturated rings. The molecule has 15 heavy (non-hydrogen) atoms. The fraction of sp³-hybridized carbons (Fsp3) is 0.909. The Balaban J connectivity index is 4.20. The van der Waals surface area contributed by atoms with Gasteiger partial charge < -0.3 is 11.1 Å². The molecule has 0 aromatic rings. The number of amides is 1. The molecule has 3 N–H and O–H groups in total. The van der Waals surface area contributed by atoms with Crippen LogP contribution in [0, 0.1) is 5.92 Å². The Morgan fingerprint density at radius 1 is 1.40 bits per heavy atom. The minimum atomic E-state index is -0.590. The largest absolute Gasteiger partial charge is 0.368 e. The van der Waals surface area contributed by atoms with Gasteiger partial charge in [0, 0.05) is 11.8 Å². The maximum absolute atomic E-state index is 11.4. The van der Waals surface area contributed by atoms with Crippen LogP contribution in [0.15, 0.2) is 0 Å². The van der Waals surface area contributed by atoms with Crippen LogP contribution in [-0.4, -0.2) is 29.0 Å². The third-order valence-corrected chi connectivity index (χ3v) is 3.68. The van der Waals surface area contributed by atoms with Gasteiger partial charge in [0.1, 0.15) is 5.54 Å². The summed E-state index contributed by atoms with van der Waals surface area (Å²) in [5, 5.41) is 3.23. The first kappa shape index (κ1) is 14.8. The van der Waals surface area contributed by atoms with Crippen molar-refractivity contribution in [1.29, 1.82) is 0 Å². The average molecular weight is 232 g/mol. The molecule has 0 radical (unpaired) electrons. The topological polar surface area (TPSA) is 55.1 Å². The Kier molecular flexibility index (Phi) is 6.29. The molecule has 0 aliphatic heterocycles. The second-order valence-corrected chi connectivity index (χ2v) is 5.93. The molecule has 0 bridgehead atoms. The lowest BCUT2D eigenvalue weighted by Gasteiger charge is -2.29. The Morgan fingerprint density at radius 2 is 1.93 bits per heavy atom. The van der Waals surface area contributed by atoms with Gasteiger partial charge >= 0.3 is 0 Å². The highest BCUT2D eigenvalue weighted by Crippen LogP contribution is 2.16. The predicted molar refractivity (Wildman–Crippen MR) is 68.0 cm³/mol. The van der Waals surface area contributed by atoms with Crippen LogP contribution < -0.4 is 11.1 Å². The molecule has 0 saturated carbocycles. The lowest BCUT2D eigenvalue weighted by Crippen LogP contribution is -2.57. The first-order valence-corrected chi connectivity index (χ1v) is 6.58. The summed E-state index contributed by atoms with van der Waals surface area (Å²) in [6.45, 7) is 10.3. The van der Waals surface area contributed by atoms with Crippen molar-refractivity contribution < 1.29 is 4.79 Å². The normalized spacial score (nSPS) is 15.7. The summed E-state index contributed by atoms with van der Waals surface area (Å²) in [6.07, 6.45) is 0. The Bertz CT molecular complexity index is 207. The van der Waals surface area contributed by atoms with Crippen molar-refractivity contribution in [3.63, 3.8) is 0 Å². The maximum atomic E-state index is 11.4. The van der Waals surface area contributed by atoms with Crippen LogP contribution in [0.4, 0.5) is 0 Å². The molecule has 90 valence electrons. The van der Waals surface area contributed by atoms with Gasteiger partial charge in [0.15, 0.2) is 0 Å². The van der Waals surface area contributed by atoms with Crippen LogP contribution in [0.1, 0.15) is 34.6 Å². The van der Waals surface area contributed by atoms with E-state index in [0.717, 1.165) is 11.5 Å². The first-order chi connectivity index (χ1) is 6.78. The van der Waals surface area contributed by atoms with E-state index in [0.29, 0.717) is 5.92 Å². The van der Waals surface area contributed by atoms with Crippen LogP contribution in [-0.2, 0) is 4.79 Å². The Morgan fingerprint density at radius 3 is 2.27 bits per heavy atom. The van der Waals surface area contributed by atoms with Gasteiger partial charge in [-0.2, -0.15) is 11.8 Å². The van der Waals surface area contributed by atoms with E-state index in [4.69, 9.17) is 5.73 Å². The number of hydrogen-bond donors (Lipinski definition) is 2. The minimum absolute atomic E-state index is 0.266. The summed E-state index contributed by atoms with van der Waals surface area (Å²) >= 11 is 1.78. The molecule has 3 nitrogen and oxygen atoms in total. The lowest BCUT2D eigenvalue weighted by atomic mass is 10.0. The average Bonchev–Trinajstić information content (AvgIpc) is 2.01. The molecule has 1 amide bonds. The molecule has 1 unspecified atom stereocenters. The summed E-state index contributed by atoms with van der Waals surface area (Å²) in [5.74, 6) is 2.17. The molecule has 1 atom stereocenters. The van der Waals surface area contributed by atoms with Crippen molar-refractivity contribution in [3.05, 3.63) is 0 Å². The zero-order valence-electron chi connectivity index (χ0n) is 10.5. The summed E-state index contributed by atoms with van der Waals surface area (Å²) in [6, 6.07) is 0.266. The van der Waals surface area contributed by atoms with Crippen molar-refractivity contribution in [2.75, 3.05) is 11.5 Å². The predicted octanol–water partition coefficient (Wildman–Crippen LogP) is 1.62. The van der Waals surface area contributed by atoms with Gasteiger partial charge in [-0.05, 0) is 32.4 Å². The molecule has 0 aliphatic rings. The number of thioether (sulfide) groups is 1. The molecule has 4 heteroatoms. The van der Waals surface area contributed by atoms with Crippen LogP contribution in [0.25, 0.3) is 0 Å². The van der Waals surface area contributed by atoms with E-state index in [1.807, 2.05) is 20.8 Å². The molecular formula is C11H24N2OS. The number of rotatable bonds is 7. The van der Waals surface area contributed by atoms with Gasteiger partial charge in [-0.1, -0.05) is 13.8 Å². The van der Waals surface area contributed by atoms with Gasteiger partial charge in [0.2, 0.25) is 5.91 Å². The molecule has 0 aliphatic carbocycles. The Labute approximate surface area is 97.6 Å². The number of hydrogen-bond acceptors (Lipinski definition) is 3. The molecule has 0 saturated heterocycles. The van der Waals surface area contributed by atoms with E-state index < -0.39 is 5.54 Å². The number of nitrogens with one attached hydrogen (secondary N) is 1. The van der Waals surface area contributed by atoms with Gasteiger partial charge in [0.25, 0.3) is 0 Å². The number of nitrogens with two attached hydrogens (primary N) is 1. The summed E-state index contributed by atoms with van der Waals surface area (Å²) in [7, 11) is 0. The van der Waals surface area contributed by atoms with Crippen LogP contribution in [0.5, 0.6) is 0 Å². The second-order valence-electron chi connectivity index (χ2n) is 4.90. The molecule has 0 heterocycles. The monoisotopic (exact) mass is 232 g/mol. The van der Waals surface area contributed by atoms with Crippen LogP contribution >= 0.6 is 11.8 Å². The van der Waals surface area contributed by atoms with E-state index in [-0.39, 0.29) is 11.9 Å². The summed E-state index contributed by atoms with van der Waals surface area (Å²) in [4.78, 5) is 11.4. The van der Waals surface area contributed by atoms with Crippen LogP contribution in [0.2, 0.25) is 0 Å². The third-order valence-electron chi connectivity index (χ3n) is 1.99. The first-order valence-electron chi connectivity index (χ1n) is 5.43. The molecular weight excluding hydrogens is 208 g/mol. The van der Waals surface area contributed by atoms with E-state index in [2.05, 4.69) is 19.2 Å². The van der Waals surface area contributed by atoms with Crippen molar-refractivity contribution in [3.8, 4) is 0 Å². The van der Waals surface area contributed by atoms with Crippen molar-refractivity contribution in [1.82, 2.24) is 5.32 Å². The summed E-state index contributed by atoms with van der Waals surface area (Å²) in [5.41, 5.74) is 4.83. The zero-order chi connectivity index (χ0) is 12.1. The lowest BCUT2D eigenvalue weighted by molar-refractivity contribution is -0.123. The Hall–Kier alpha value is -0.220. The third kappa shape index (κ3) is 6.05. The van der Waals surface area contributed by atoms with Gasteiger partial charge in [-0.3, -0.25) is 4.79 Å². The fourth-order valence-corrected chi connectivity index (χ4v) is 2.54. The molecule has 0 rings (SSSR count). The van der Waals surface area contributed by atoms with Gasteiger partial charge in [0.05, 0.1) is 0 Å². The number of carbonyl (C=O) groups is 1. The zero-order valence-corrected chi connectivity index (χ0v) is 11.3. The quantitative estimate of drug-likeness (QED) is 0.701. The van der Waals surface area contributed by atoms with E-state index in [1.54, 1.807) is 11.8 Å². The molecule has 0 aromatic heterocycles. The highest BCUT2D eigenvalue weighted by Gasteiger charge is 2.31. The van der Waals surface area contributed by atoms with Crippen molar-refractivity contribution in [2.45, 2.75) is 46.2 Å². The summed E-state index contributed by atoms with van der Waals surface area (Å²) < 4.78 is 0. The number of primary amides is 1. The molecule has 0 aromatic carbocycles. The fourth-order valence-electron chi connectivity index (χ4n) is 1.32. The second kappa shape index (κ2) is 6.38.